The minimum atomic E-state index is -4.53. The van der Waals surface area contributed by atoms with E-state index in [4.69, 9.17) is 0 Å². The Labute approximate surface area is 138 Å². The van der Waals surface area contributed by atoms with E-state index >= 15 is 0 Å². The molecule has 0 heterocycles. The molecule has 4 nitrogen and oxygen atoms in total. The number of aliphatic carboxylic acids is 1. The number of halogens is 3. The molecule has 0 saturated heterocycles. The molecule has 0 bridgehead atoms. The van der Waals surface area contributed by atoms with E-state index in [1.807, 2.05) is 0 Å². The predicted octanol–water partition coefficient (Wildman–Crippen LogP) is 3.40. The lowest BCUT2D eigenvalue weighted by atomic mass is 9.74. The largest absolute Gasteiger partial charge is 0.481 e. The van der Waals surface area contributed by atoms with Crippen LogP contribution in [0, 0.1) is 5.41 Å². The van der Waals surface area contributed by atoms with Crippen molar-refractivity contribution >= 4 is 11.9 Å². The molecule has 2 rings (SSSR count). The molecule has 0 radical (unpaired) electrons. The lowest BCUT2D eigenvalue weighted by Crippen LogP contribution is -2.44. The van der Waals surface area contributed by atoms with Gasteiger partial charge in [-0.15, -0.1) is 0 Å². The van der Waals surface area contributed by atoms with E-state index in [1.54, 1.807) is 0 Å². The summed E-state index contributed by atoms with van der Waals surface area (Å²) < 4.78 is 38.8. The summed E-state index contributed by atoms with van der Waals surface area (Å²) in [4.78, 5) is 23.6. The summed E-state index contributed by atoms with van der Waals surface area (Å²) in [6.07, 6.45) is -1.49. The minimum Gasteiger partial charge on any atom is -0.481 e. The number of hydrogen-bond acceptors (Lipinski definition) is 2. The molecule has 2 N–H and O–H groups in total. The van der Waals surface area contributed by atoms with Crippen LogP contribution in [0.4, 0.5) is 13.2 Å². The number of carboxylic acid groups (broad SMARTS) is 1. The first kappa shape index (κ1) is 18.3. The molecule has 0 atom stereocenters. The van der Waals surface area contributed by atoms with E-state index in [0.29, 0.717) is 12.8 Å². The molecule has 132 valence electrons. The monoisotopic (exact) mass is 343 g/mol. The van der Waals surface area contributed by atoms with Crippen molar-refractivity contribution in [3.05, 3.63) is 35.4 Å². The molecule has 1 fully saturated rings. The van der Waals surface area contributed by atoms with Crippen molar-refractivity contribution in [1.82, 2.24) is 5.32 Å². The Bertz CT molecular complexity index is 607. The van der Waals surface area contributed by atoms with Gasteiger partial charge in [-0.25, -0.2) is 0 Å². The molecule has 0 aliphatic heterocycles. The molecule has 1 saturated carbocycles. The number of amides is 1. The third-order valence-electron chi connectivity index (χ3n) is 4.56. The highest BCUT2D eigenvalue weighted by Crippen LogP contribution is 2.36. The highest BCUT2D eigenvalue weighted by Gasteiger charge is 2.40. The van der Waals surface area contributed by atoms with Crippen molar-refractivity contribution in [2.24, 2.45) is 5.41 Å². The molecular formula is C17H20F3NO3. The summed E-state index contributed by atoms with van der Waals surface area (Å²) in [6, 6.07) is 4.90. The van der Waals surface area contributed by atoms with Crippen LogP contribution in [0.3, 0.4) is 0 Å². The van der Waals surface area contributed by atoms with E-state index in [1.165, 1.54) is 18.2 Å². The molecule has 1 aromatic carbocycles. The van der Waals surface area contributed by atoms with Gasteiger partial charge in [0.1, 0.15) is 0 Å². The van der Waals surface area contributed by atoms with Crippen molar-refractivity contribution in [3.8, 4) is 0 Å². The number of benzene rings is 1. The Kier molecular flexibility index (Phi) is 5.51. The van der Waals surface area contributed by atoms with Gasteiger partial charge in [-0.05, 0) is 24.5 Å². The van der Waals surface area contributed by atoms with Crippen molar-refractivity contribution in [2.45, 2.75) is 44.7 Å². The van der Waals surface area contributed by atoms with Gasteiger partial charge in [-0.2, -0.15) is 13.2 Å². The van der Waals surface area contributed by atoms with Crippen molar-refractivity contribution < 1.29 is 27.9 Å². The number of rotatable bonds is 5. The number of alkyl halides is 3. The SMILES string of the molecule is O=C(Cc1ccccc1C(F)(F)F)NCC1(C(=O)O)CCCCC1. The summed E-state index contributed by atoms with van der Waals surface area (Å²) in [6.45, 7) is -0.0463. The summed E-state index contributed by atoms with van der Waals surface area (Å²) >= 11 is 0. The fourth-order valence-electron chi connectivity index (χ4n) is 3.15. The smallest absolute Gasteiger partial charge is 0.416 e. The molecule has 1 amide bonds. The molecular weight excluding hydrogens is 323 g/mol. The van der Waals surface area contributed by atoms with E-state index in [2.05, 4.69) is 5.32 Å². The molecule has 1 aliphatic carbocycles. The number of carbonyl (C=O) groups excluding carboxylic acids is 1. The van der Waals surface area contributed by atoms with Crippen LogP contribution in [0.1, 0.15) is 43.2 Å². The molecule has 0 unspecified atom stereocenters. The van der Waals surface area contributed by atoms with Gasteiger partial charge in [0.25, 0.3) is 0 Å². The van der Waals surface area contributed by atoms with Crippen LogP contribution in [0.2, 0.25) is 0 Å². The van der Waals surface area contributed by atoms with Crippen molar-refractivity contribution in [3.63, 3.8) is 0 Å². The number of carbonyl (C=O) groups is 2. The van der Waals surface area contributed by atoms with Crippen LogP contribution in [0.5, 0.6) is 0 Å². The van der Waals surface area contributed by atoms with Gasteiger partial charge in [0.05, 0.1) is 17.4 Å². The van der Waals surface area contributed by atoms with Gasteiger partial charge >= 0.3 is 12.1 Å². The Hall–Kier alpha value is -2.05. The zero-order valence-corrected chi connectivity index (χ0v) is 13.2. The summed E-state index contributed by atoms with van der Waals surface area (Å²) in [7, 11) is 0. The first-order valence-corrected chi connectivity index (χ1v) is 7.90. The highest BCUT2D eigenvalue weighted by atomic mass is 19.4. The van der Waals surface area contributed by atoms with Gasteiger partial charge in [0.2, 0.25) is 5.91 Å². The summed E-state index contributed by atoms with van der Waals surface area (Å²) in [5.41, 5.74) is -1.96. The van der Waals surface area contributed by atoms with Crippen LogP contribution in [0.25, 0.3) is 0 Å². The fourth-order valence-corrected chi connectivity index (χ4v) is 3.15. The maximum absolute atomic E-state index is 12.9. The third-order valence-corrected chi connectivity index (χ3v) is 4.56. The van der Waals surface area contributed by atoms with Gasteiger partial charge in [0.15, 0.2) is 0 Å². The van der Waals surface area contributed by atoms with Crippen LogP contribution in [-0.2, 0) is 22.2 Å². The normalized spacial score (nSPS) is 17.3. The topological polar surface area (TPSA) is 66.4 Å². The molecule has 7 heteroatoms. The van der Waals surface area contributed by atoms with Gasteiger partial charge < -0.3 is 10.4 Å². The Morgan fingerprint density at radius 3 is 2.33 bits per heavy atom. The first-order chi connectivity index (χ1) is 11.2. The van der Waals surface area contributed by atoms with Gasteiger partial charge in [0, 0.05) is 6.54 Å². The number of hydrogen-bond donors (Lipinski definition) is 2. The lowest BCUT2D eigenvalue weighted by molar-refractivity contribution is -0.151. The van der Waals surface area contributed by atoms with Crippen molar-refractivity contribution in [1.29, 1.82) is 0 Å². The number of carboxylic acids is 1. The number of nitrogens with one attached hydrogen (secondary N) is 1. The molecule has 0 aromatic heterocycles. The minimum absolute atomic E-state index is 0.0463. The van der Waals surface area contributed by atoms with Gasteiger partial charge in [-0.3, -0.25) is 9.59 Å². The highest BCUT2D eigenvalue weighted by molar-refractivity contribution is 5.81. The summed E-state index contributed by atoms with van der Waals surface area (Å²) in [5.74, 6) is -1.56. The average Bonchev–Trinajstić information content (AvgIpc) is 2.53. The van der Waals surface area contributed by atoms with Crippen LogP contribution >= 0.6 is 0 Å². The fraction of sp³-hybridized carbons (Fsp3) is 0.529. The Morgan fingerprint density at radius 1 is 1.12 bits per heavy atom. The Morgan fingerprint density at radius 2 is 1.75 bits per heavy atom. The molecule has 1 aromatic rings. The predicted molar refractivity (Wildman–Crippen MR) is 81.3 cm³/mol. The maximum atomic E-state index is 12.9. The van der Waals surface area contributed by atoms with Crippen LogP contribution in [-0.4, -0.2) is 23.5 Å². The van der Waals surface area contributed by atoms with E-state index in [0.717, 1.165) is 25.3 Å². The third kappa shape index (κ3) is 4.27. The second-order valence-corrected chi connectivity index (χ2v) is 6.25. The summed E-state index contributed by atoms with van der Waals surface area (Å²) in [5, 5.41) is 12.0. The van der Waals surface area contributed by atoms with Crippen molar-refractivity contribution in [2.75, 3.05) is 6.54 Å². The van der Waals surface area contributed by atoms with Gasteiger partial charge in [-0.1, -0.05) is 37.5 Å². The van der Waals surface area contributed by atoms with E-state index in [9.17, 15) is 27.9 Å². The quantitative estimate of drug-likeness (QED) is 0.861. The molecule has 0 spiro atoms. The van der Waals surface area contributed by atoms with Crippen LogP contribution < -0.4 is 5.32 Å². The average molecular weight is 343 g/mol. The second kappa shape index (κ2) is 7.23. The first-order valence-electron chi connectivity index (χ1n) is 7.90. The zero-order valence-electron chi connectivity index (χ0n) is 13.2. The Balaban J connectivity index is 2.03. The standard InChI is InChI=1S/C17H20F3NO3/c18-17(19,20)13-7-3-2-6-12(13)10-14(22)21-11-16(15(23)24)8-4-1-5-9-16/h2-3,6-7H,1,4-5,8-11H2,(H,21,22)(H,23,24). The molecule has 1 aliphatic rings. The zero-order chi connectivity index (χ0) is 17.8. The lowest BCUT2D eigenvalue weighted by Gasteiger charge is -2.33. The second-order valence-electron chi connectivity index (χ2n) is 6.25. The maximum Gasteiger partial charge on any atom is 0.416 e. The van der Waals surface area contributed by atoms with E-state index in [-0.39, 0.29) is 12.1 Å². The molecule has 24 heavy (non-hydrogen) atoms. The van der Waals surface area contributed by atoms with Crippen LogP contribution in [0.15, 0.2) is 24.3 Å². The van der Waals surface area contributed by atoms with E-state index < -0.39 is 35.5 Å².